The van der Waals surface area contributed by atoms with Gasteiger partial charge in [0.1, 0.15) is 5.84 Å². The van der Waals surface area contributed by atoms with Crippen LogP contribution in [0.5, 0.6) is 0 Å². The molecule has 13 heavy (non-hydrogen) atoms. The van der Waals surface area contributed by atoms with E-state index in [2.05, 4.69) is 0 Å². The van der Waals surface area contributed by atoms with Crippen LogP contribution in [0.15, 0.2) is 29.2 Å². The van der Waals surface area contributed by atoms with Crippen molar-refractivity contribution in [3.05, 3.63) is 29.8 Å². The number of hydrogen-bond donors (Lipinski definition) is 2. The second-order valence-electron chi connectivity index (χ2n) is 2.38. The fourth-order valence-corrected chi connectivity index (χ4v) is 1.57. The number of benzene rings is 1. The van der Waals surface area contributed by atoms with Gasteiger partial charge in [-0.1, -0.05) is 0 Å². The minimum Gasteiger partial charge on any atom is -0.384 e. The van der Waals surface area contributed by atoms with Crippen molar-refractivity contribution in [2.45, 2.75) is 4.90 Å². The smallest absolute Gasteiger partial charge is 0.261 e. The van der Waals surface area contributed by atoms with E-state index in [9.17, 15) is 8.42 Å². The van der Waals surface area contributed by atoms with E-state index in [1.165, 1.54) is 24.3 Å². The van der Waals surface area contributed by atoms with E-state index in [4.69, 9.17) is 21.8 Å². The van der Waals surface area contributed by atoms with Gasteiger partial charge in [-0.15, -0.1) is 0 Å². The highest BCUT2D eigenvalue weighted by Crippen LogP contribution is 2.14. The summed E-state index contributed by atoms with van der Waals surface area (Å²) in [6.07, 6.45) is 0. The van der Waals surface area contributed by atoms with Gasteiger partial charge in [-0.3, -0.25) is 5.41 Å². The van der Waals surface area contributed by atoms with Crippen LogP contribution in [-0.2, 0) is 9.05 Å². The van der Waals surface area contributed by atoms with Crippen LogP contribution < -0.4 is 5.73 Å². The van der Waals surface area contributed by atoms with Gasteiger partial charge < -0.3 is 5.73 Å². The van der Waals surface area contributed by atoms with Crippen molar-refractivity contribution in [1.82, 2.24) is 0 Å². The van der Waals surface area contributed by atoms with E-state index in [-0.39, 0.29) is 10.7 Å². The van der Waals surface area contributed by atoms with Gasteiger partial charge in [0.05, 0.1) is 4.90 Å². The topological polar surface area (TPSA) is 84.0 Å². The average molecular weight is 219 g/mol. The van der Waals surface area contributed by atoms with Gasteiger partial charge in [0, 0.05) is 16.2 Å². The zero-order chi connectivity index (χ0) is 10.1. The second-order valence-corrected chi connectivity index (χ2v) is 4.94. The third-order valence-electron chi connectivity index (χ3n) is 1.45. The zero-order valence-electron chi connectivity index (χ0n) is 6.49. The van der Waals surface area contributed by atoms with Crippen molar-refractivity contribution in [1.29, 1.82) is 5.41 Å². The Kier molecular flexibility index (Phi) is 2.58. The number of halogens is 1. The molecule has 0 aromatic heterocycles. The summed E-state index contributed by atoms with van der Waals surface area (Å²) in [6, 6.07) is 5.47. The molecule has 70 valence electrons. The van der Waals surface area contributed by atoms with Crippen LogP contribution in [-0.4, -0.2) is 14.3 Å². The lowest BCUT2D eigenvalue weighted by Crippen LogP contribution is -2.10. The number of nitrogens with two attached hydrogens (primary N) is 1. The first-order chi connectivity index (χ1) is 5.91. The Labute approximate surface area is 80.3 Å². The van der Waals surface area contributed by atoms with Crippen molar-refractivity contribution in [3.63, 3.8) is 0 Å². The first-order valence-corrected chi connectivity index (χ1v) is 5.61. The van der Waals surface area contributed by atoms with Crippen LogP contribution in [0.25, 0.3) is 0 Å². The van der Waals surface area contributed by atoms with Crippen LogP contribution in [0.1, 0.15) is 5.56 Å². The summed E-state index contributed by atoms with van der Waals surface area (Å²) >= 11 is 0. The van der Waals surface area contributed by atoms with Crippen LogP contribution in [0.3, 0.4) is 0 Å². The molecule has 0 bridgehead atoms. The van der Waals surface area contributed by atoms with Crippen LogP contribution in [0, 0.1) is 5.41 Å². The largest absolute Gasteiger partial charge is 0.384 e. The first-order valence-electron chi connectivity index (χ1n) is 3.30. The molecule has 0 amide bonds. The number of amidine groups is 1. The fraction of sp³-hybridized carbons (Fsp3) is 0. The Balaban J connectivity index is 3.16. The molecule has 0 aliphatic rings. The summed E-state index contributed by atoms with van der Waals surface area (Å²) in [7, 11) is 1.39. The van der Waals surface area contributed by atoms with Crippen molar-refractivity contribution >= 4 is 25.6 Å². The van der Waals surface area contributed by atoms with Crippen LogP contribution in [0.4, 0.5) is 0 Å². The SMILES string of the molecule is N=C(N)c1ccc(S(=O)(=O)Cl)cc1. The summed E-state index contributed by atoms with van der Waals surface area (Å²) in [6.45, 7) is 0. The summed E-state index contributed by atoms with van der Waals surface area (Å²) in [4.78, 5) is -0.000772. The van der Waals surface area contributed by atoms with Crippen molar-refractivity contribution in [3.8, 4) is 0 Å². The van der Waals surface area contributed by atoms with Crippen LogP contribution in [0.2, 0.25) is 0 Å². The maximum absolute atomic E-state index is 10.8. The van der Waals surface area contributed by atoms with Gasteiger partial charge in [0.25, 0.3) is 9.05 Å². The Hall–Kier alpha value is -1.07. The molecule has 0 radical (unpaired) electrons. The van der Waals surface area contributed by atoms with E-state index >= 15 is 0 Å². The lowest BCUT2D eigenvalue weighted by Gasteiger charge is -1.98. The van der Waals surface area contributed by atoms with Gasteiger partial charge in [-0.05, 0) is 24.3 Å². The molecule has 0 aliphatic carbocycles. The van der Waals surface area contributed by atoms with Gasteiger partial charge >= 0.3 is 0 Å². The molecule has 0 saturated heterocycles. The van der Waals surface area contributed by atoms with Gasteiger partial charge in [-0.2, -0.15) is 0 Å². The zero-order valence-corrected chi connectivity index (χ0v) is 8.06. The summed E-state index contributed by atoms with van der Waals surface area (Å²) in [5.74, 6) is -0.112. The predicted molar refractivity (Wildman–Crippen MR) is 50.5 cm³/mol. The number of nitrogen functional groups attached to an aromatic ring is 1. The molecule has 0 fully saturated rings. The number of nitrogens with one attached hydrogen (secondary N) is 1. The molecule has 1 rings (SSSR count). The first kappa shape index (κ1) is 10.0. The van der Waals surface area contributed by atoms with Crippen LogP contribution >= 0.6 is 10.7 Å². The van der Waals surface area contributed by atoms with E-state index < -0.39 is 9.05 Å². The number of rotatable bonds is 2. The Bertz CT molecular complexity index is 424. The van der Waals surface area contributed by atoms with Gasteiger partial charge in [0.2, 0.25) is 0 Å². The number of hydrogen-bond acceptors (Lipinski definition) is 3. The molecule has 0 saturated carbocycles. The summed E-state index contributed by atoms with van der Waals surface area (Å²) < 4.78 is 21.6. The van der Waals surface area contributed by atoms with E-state index in [1.54, 1.807) is 0 Å². The lowest BCUT2D eigenvalue weighted by atomic mass is 10.2. The minimum absolute atomic E-state index is 0.000772. The molecule has 0 aliphatic heterocycles. The quantitative estimate of drug-likeness (QED) is 0.439. The molecular formula is C7H7ClN2O2S. The fourth-order valence-electron chi connectivity index (χ4n) is 0.797. The highest BCUT2D eigenvalue weighted by Gasteiger charge is 2.08. The standard InChI is InChI=1S/C7H7ClN2O2S/c8-13(11,12)6-3-1-5(2-4-6)7(9)10/h1-4H,(H3,9,10). The Morgan fingerprint density at radius 3 is 2.08 bits per heavy atom. The molecule has 0 unspecified atom stereocenters. The van der Waals surface area contributed by atoms with Crippen molar-refractivity contribution in [2.24, 2.45) is 5.73 Å². The predicted octanol–water partition coefficient (Wildman–Crippen LogP) is 0.898. The molecule has 4 nitrogen and oxygen atoms in total. The van der Waals surface area contributed by atoms with Gasteiger partial charge in [0.15, 0.2) is 0 Å². The monoisotopic (exact) mass is 218 g/mol. The molecule has 3 N–H and O–H groups in total. The molecule has 1 aromatic rings. The second kappa shape index (κ2) is 3.35. The highest BCUT2D eigenvalue weighted by molar-refractivity contribution is 8.13. The van der Waals surface area contributed by atoms with Crippen molar-refractivity contribution in [2.75, 3.05) is 0 Å². The van der Waals surface area contributed by atoms with E-state index in [0.29, 0.717) is 5.56 Å². The Morgan fingerprint density at radius 2 is 1.77 bits per heavy atom. The molecule has 0 spiro atoms. The molecule has 6 heteroatoms. The average Bonchev–Trinajstić information content (AvgIpc) is 2.03. The normalized spacial score (nSPS) is 11.2. The molecule has 0 atom stereocenters. The summed E-state index contributed by atoms with van der Waals surface area (Å²) in [5.41, 5.74) is 5.64. The highest BCUT2D eigenvalue weighted by atomic mass is 35.7. The molecular weight excluding hydrogens is 212 g/mol. The minimum atomic E-state index is -3.68. The lowest BCUT2D eigenvalue weighted by molar-refractivity contribution is 0.609. The maximum atomic E-state index is 10.8. The van der Waals surface area contributed by atoms with Crippen molar-refractivity contribution < 1.29 is 8.42 Å². The maximum Gasteiger partial charge on any atom is 0.261 e. The molecule has 0 heterocycles. The summed E-state index contributed by atoms with van der Waals surface area (Å²) in [5, 5.41) is 7.06. The third kappa shape index (κ3) is 2.43. The third-order valence-corrected chi connectivity index (χ3v) is 2.82. The van der Waals surface area contributed by atoms with Gasteiger partial charge in [-0.25, -0.2) is 8.42 Å². The Morgan fingerprint density at radius 1 is 1.31 bits per heavy atom. The molecule has 1 aromatic carbocycles. The van der Waals surface area contributed by atoms with E-state index in [1.807, 2.05) is 0 Å². The van der Waals surface area contributed by atoms with E-state index in [0.717, 1.165) is 0 Å².